The first-order valence-electron chi connectivity index (χ1n) is 5.95. The fourth-order valence-corrected chi connectivity index (χ4v) is 3.58. The van der Waals surface area contributed by atoms with E-state index in [9.17, 15) is 8.42 Å². The van der Waals surface area contributed by atoms with Crippen molar-refractivity contribution in [2.75, 3.05) is 12.3 Å². The number of sulfone groups is 1. The molecule has 5 heteroatoms. The van der Waals surface area contributed by atoms with Crippen LogP contribution in [0.4, 0.5) is 0 Å². The molecule has 0 aliphatic rings. The van der Waals surface area contributed by atoms with Crippen LogP contribution < -0.4 is 5.32 Å². The zero-order valence-electron chi connectivity index (χ0n) is 10.6. The zero-order chi connectivity index (χ0) is 12.9. The van der Waals surface area contributed by atoms with E-state index in [0.717, 1.165) is 0 Å². The summed E-state index contributed by atoms with van der Waals surface area (Å²) < 4.78 is 23.6. The van der Waals surface area contributed by atoms with Gasteiger partial charge in [-0.15, -0.1) is 11.3 Å². The second-order valence-corrected chi connectivity index (χ2v) is 7.80. The standard InChI is InChI=1S/C12H21NO2S2/c1-4-10(2)17(14,15)9-7-13-11(3)12-6-5-8-16-12/h5-6,8,10-11,13H,4,7,9H2,1-3H3. The lowest BCUT2D eigenvalue weighted by molar-refractivity contribution is 0.565. The Morgan fingerprint density at radius 3 is 2.65 bits per heavy atom. The molecule has 17 heavy (non-hydrogen) atoms. The molecule has 1 aromatic heterocycles. The summed E-state index contributed by atoms with van der Waals surface area (Å²) in [6, 6.07) is 4.29. The second-order valence-electron chi connectivity index (χ2n) is 4.28. The van der Waals surface area contributed by atoms with Gasteiger partial charge in [-0.2, -0.15) is 0 Å². The van der Waals surface area contributed by atoms with E-state index in [4.69, 9.17) is 0 Å². The Kier molecular flexibility index (Phi) is 5.62. The van der Waals surface area contributed by atoms with Crippen LogP contribution in [-0.4, -0.2) is 26.0 Å². The maximum Gasteiger partial charge on any atom is 0.154 e. The molecular weight excluding hydrogens is 254 g/mol. The largest absolute Gasteiger partial charge is 0.308 e. The summed E-state index contributed by atoms with van der Waals surface area (Å²) in [5.74, 6) is 0.220. The summed E-state index contributed by atoms with van der Waals surface area (Å²) in [4.78, 5) is 1.24. The summed E-state index contributed by atoms with van der Waals surface area (Å²) in [6.45, 7) is 6.26. The van der Waals surface area contributed by atoms with Crippen molar-refractivity contribution in [3.05, 3.63) is 22.4 Å². The normalized spacial score (nSPS) is 15.7. The van der Waals surface area contributed by atoms with Gasteiger partial charge in [0.15, 0.2) is 9.84 Å². The Morgan fingerprint density at radius 1 is 1.41 bits per heavy atom. The molecule has 1 N–H and O–H groups in total. The molecule has 0 saturated heterocycles. The van der Waals surface area contributed by atoms with Gasteiger partial charge in [0.2, 0.25) is 0 Å². The van der Waals surface area contributed by atoms with E-state index in [0.29, 0.717) is 13.0 Å². The summed E-state index contributed by atoms with van der Waals surface area (Å²) >= 11 is 1.69. The lowest BCUT2D eigenvalue weighted by Crippen LogP contribution is -2.29. The molecule has 2 unspecified atom stereocenters. The van der Waals surface area contributed by atoms with Gasteiger partial charge in [0.1, 0.15) is 0 Å². The minimum atomic E-state index is -2.93. The molecule has 3 nitrogen and oxygen atoms in total. The average molecular weight is 275 g/mol. The van der Waals surface area contributed by atoms with Crippen molar-refractivity contribution in [1.82, 2.24) is 5.32 Å². The number of nitrogens with one attached hydrogen (secondary N) is 1. The average Bonchev–Trinajstić information content (AvgIpc) is 2.80. The number of hydrogen-bond donors (Lipinski definition) is 1. The molecule has 2 atom stereocenters. The number of rotatable bonds is 7. The van der Waals surface area contributed by atoms with E-state index in [1.54, 1.807) is 18.3 Å². The molecule has 0 saturated carbocycles. The van der Waals surface area contributed by atoms with E-state index in [1.165, 1.54) is 4.88 Å². The Bertz CT molecular complexity index is 412. The van der Waals surface area contributed by atoms with Crippen molar-refractivity contribution in [3.8, 4) is 0 Å². The van der Waals surface area contributed by atoms with Gasteiger partial charge in [0, 0.05) is 17.5 Å². The predicted molar refractivity (Wildman–Crippen MR) is 74.3 cm³/mol. The van der Waals surface area contributed by atoms with Crippen LogP contribution in [0.2, 0.25) is 0 Å². The fourth-order valence-electron chi connectivity index (χ4n) is 1.51. The SMILES string of the molecule is CCC(C)S(=O)(=O)CCNC(C)c1cccs1. The van der Waals surface area contributed by atoms with Crippen molar-refractivity contribution in [1.29, 1.82) is 0 Å². The summed E-state index contributed by atoms with van der Waals surface area (Å²) in [7, 11) is -2.93. The lowest BCUT2D eigenvalue weighted by Gasteiger charge is -2.14. The van der Waals surface area contributed by atoms with Crippen LogP contribution in [0.3, 0.4) is 0 Å². The first-order chi connectivity index (χ1) is 7.97. The molecule has 1 aromatic rings. The maximum atomic E-state index is 11.8. The van der Waals surface area contributed by atoms with Crippen LogP contribution in [0.15, 0.2) is 17.5 Å². The lowest BCUT2D eigenvalue weighted by atomic mass is 10.3. The Balaban J connectivity index is 2.38. The van der Waals surface area contributed by atoms with Gasteiger partial charge in [-0.05, 0) is 31.7 Å². The van der Waals surface area contributed by atoms with Crippen molar-refractivity contribution < 1.29 is 8.42 Å². The molecule has 0 spiro atoms. The number of hydrogen-bond acceptors (Lipinski definition) is 4. The van der Waals surface area contributed by atoms with E-state index < -0.39 is 9.84 Å². The van der Waals surface area contributed by atoms with E-state index in [2.05, 4.69) is 18.3 Å². The molecule has 0 bridgehead atoms. The highest BCUT2D eigenvalue weighted by atomic mass is 32.2. The molecule has 0 aromatic carbocycles. The van der Waals surface area contributed by atoms with Crippen LogP contribution in [0, 0.1) is 0 Å². The third kappa shape index (κ3) is 4.41. The van der Waals surface area contributed by atoms with Crippen LogP contribution in [0.5, 0.6) is 0 Å². The summed E-state index contributed by atoms with van der Waals surface area (Å²) in [6.07, 6.45) is 0.683. The van der Waals surface area contributed by atoms with Gasteiger partial charge in [0.05, 0.1) is 11.0 Å². The molecule has 98 valence electrons. The second kappa shape index (κ2) is 6.52. The van der Waals surface area contributed by atoms with Gasteiger partial charge >= 0.3 is 0 Å². The first kappa shape index (κ1) is 14.7. The topological polar surface area (TPSA) is 46.2 Å². The van der Waals surface area contributed by atoms with Gasteiger partial charge in [-0.25, -0.2) is 8.42 Å². The fraction of sp³-hybridized carbons (Fsp3) is 0.667. The molecule has 1 rings (SSSR count). The van der Waals surface area contributed by atoms with Crippen LogP contribution in [-0.2, 0) is 9.84 Å². The minimum Gasteiger partial charge on any atom is -0.308 e. The van der Waals surface area contributed by atoms with E-state index in [1.807, 2.05) is 18.4 Å². The van der Waals surface area contributed by atoms with Crippen LogP contribution in [0.1, 0.15) is 38.1 Å². The van der Waals surface area contributed by atoms with Crippen LogP contribution in [0.25, 0.3) is 0 Å². The molecule has 0 aliphatic carbocycles. The van der Waals surface area contributed by atoms with E-state index >= 15 is 0 Å². The monoisotopic (exact) mass is 275 g/mol. The highest BCUT2D eigenvalue weighted by molar-refractivity contribution is 7.92. The quantitative estimate of drug-likeness (QED) is 0.832. The van der Waals surface area contributed by atoms with Crippen LogP contribution >= 0.6 is 11.3 Å². The third-order valence-electron chi connectivity index (χ3n) is 3.00. The Labute approximate surface area is 108 Å². The molecule has 0 aliphatic heterocycles. The van der Waals surface area contributed by atoms with Crippen molar-refractivity contribution >= 4 is 21.2 Å². The smallest absolute Gasteiger partial charge is 0.154 e. The zero-order valence-corrected chi connectivity index (χ0v) is 12.3. The summed E-state index contributed by atoms with van der Waals surface area (Å²) in [5.41, 5.74) is 0. The number of thiophene rings is 1. The third-order valence-corrected chi connectivity index (χ3v) is 6.38. The van der Waals surface area contributed by atoms with Gasteiger partial charge in [0.25, 0.3) is 0 Å². The highest BCUT2D eigenvalue weighted by Gasteiger charge is 2.18. The van der Waals surface area contributed by atoms with Crippen molar-refractivity contribution in [2.24, 2.45) is 0 Å². The Morgan fingerprint density at radius 2 is 2.12 bits per heavy atom. The molecule has 0 amide bonds. The first-order valence-corrected chi connectivity index (χ1v) is 8.55. The van der Waals surface area contributed by atoms with Gasteiger partial charge in [-0.3, -0.25) is 0 Å². The van der Waals surface area contributed by atoms with Crippen molar-refractivity contribution in [2.45, 2.75) is 38.5 Å². The van der Waals surface area contributed by atoms with Crippen molar-refractivity contribution in [3.63, 3.8) is 0 Å². The minimum absolute atomic E-state index is 0.220. The maximum absolute atomic E-state index is 11.8. The summed E-state index contributed by atoms with van der Waals surface area (Å²) in [5, 5.41) is 5.05. The van der Waals surface area contributed by atoms with Gasteiger partial charge in [-0.1, -0.05) is 13.0 Å². The van der Waals surface area contributed by atoms with E-state index in [-0.39, 0.29) is 17.0 Å². The molecule has 1 heterocycles. The molecular formula is C12H21NO2S2. The Hall–Kier alpha value is -0.390. The molecule has 0 radical (unpaired) electrons. The molecule has 0 fully saturated rings. The van der Waals surface area contributed by atoms with Gasteiger partial charge < -0.3 is 5.32 Å². The highest BCUT2D eigenvalue weighted by Crippen LogP contribution is 2.17. The predicted octanol–water partition coefficient (Wildman–Crippen LogP) is 2.61.